The molecule has 0 atom stereocenters. The smallest absolute Gasteiger partial charge is 0.228 e. The van der Waals surface area contributed by atoms with Crippen molar-refractivity contribution in [3.8, 4) is 0 Å². The zero-order valence-electron chi connectivity index (χ0n) is 9.00. The maximum atomic E-state index is 11.3. The lowest BCUT2D eigenvalue weighted by atomic mass is 10.2. The van der Waals surface area contributed by atoms with E-state index in [-0.39, 0.29) is 11.8 Å². The van der Waals surface area contributed by atoms with Gasteiger partial charge >= 0.3 is 0 Å². The highest BCUT2D eigenvalue weighted by molar-refractivity contribution is 7.13. The maximum absolute atomic E-state index is 11.3. The van der Waals surface area contributed by atoms with Gasteiger partial charge in [0.25, 0.3) is 0 Å². The van der Waals surface area contributed by atoms with Gasteiger partial charge in [-0.05, 0) is 5.92 Å². The van der Waals surface area contributed by atoms with Crippen LogP contribution in [-0.2, 0) is 4.79 Å². The zero-order valence-corrected chi connectivity index (χ0v) is 9.81. The average Bonchev–Trinajstić information content (AvgIpc) is 2.52. The third-order valence-corrected chi connectivity index (χ3v) is 2.64. The SMILES string of the molecule is CC(C)C(=O)Nc1nc(C(C)C)cs1. The molecule has 0 aliphatic carbocycles. The van der Waals surface area contributed by atoms with Gasteiger partial charge in [0.05, 0.1) is 5.69 Å². The molecule has 1 aromatic rings. The van der Waals surface area contributed by atoms with E-state index in [1.807, 2.05) is 19.2 Å². The van der Waals surface area contributed by atoms with Crippen molar-refractivity contribution in [1.29, 1.82) is 0 Å². The van der Waals surface area contributed by atoms with Gasteiger partial charge in [0.2, 0.25) is 5.91 Å². The number of thiazole rings is 1. The molecule has 0 aliphatic rings. The normalized spacial score (nSPS) is 11.0. The Hall–Kier alpha value is -0.900. The maximum Gasteiger partial charge on any atom is 0.228 e. The van der Waals surface area contributed by atoms with Crippen LogP contribution in [0.15, 0.2) is 5.38 Å². The van der Waals surface area contributed by atoms with Crippen LogP contribution in [0.4, 0.5) is 5.13 Å². The van der Waals surface area contributed by atoms with E-state index in [1.165, 1.54) is 11.3 Å². The van der Waals surface area contributed by atoms with Crippen molar-refractivity contribution in [2.45, 2.75) is 33.6 Å². The standard InChI is InChI=1S/C10H16N2OS/c1-6(2)8-5-14-10(11-8)12-9(13)7(3)4/h5-7H,1-4H3,(H,11,12,13). The number of nitrogens with one attached hydrogen (secondary N) is 1. The Labute approximate surface area is 88.6 Å². The Morgan fingerprint density at radius 2 is 2.07 bits per heavy atom. The van der Waals surface area contributed by atoms with Gasteiger partial charge in [-0.2, -0.15) is 0 Å². The second-order valence-electron chi connectivity index (χ2n) is 3.88. The third kappa shape index (κ3) is 2.80. The minimum absolute atomic E-state index is 0.00130. The highest BCUT2D eigenvalue weighted by Gasteiger charge is 2.10. The molecular weight excluding hydrogens is 196 g/mol. The first kappa shape index (κ1) is 11.2. The summed E-state index contributed by atoms with van der Waals surface area (Å²) in [6.45, 7) is 7.91. The van der Waals surface area contributed by atoms with Gasteiger partial charge in [-0.1, -0.05) is 27.7 Å². The molecule has 1 rings (SSSR count). The number of anilines is 1. The fourth-order valence-electron chi connectivity index (χ4n) is 0.858. The lowest BCUT2D eigenvalue weighted by Crippen LogP contribution is -2.17. The van der Waals surface area contributed by atoms with E-state index < -0.39 is 0 Å². The molecule has 0 spiro atoms. The summed E-state index contributed by atoms with van der Waals surface area (Å²) >= 11 is 1.48. The van der Waals surface area contributed by atoms with Crippen LogP contribution in [-0.4, -0.2) is 10.9 Å². The lowest BCUT2D eigenvalue weighted by Gasteiger charge is -2.03. The second-order valence-corrected chi connectivity index (χ2v) is 4.73. The topological polar surface area (TPSA) is 42.0 Å². The molecule has 1 heterocycles. The van der Waals surface area contributed by atoms with Crippen LogP contribution in [0, 0.1) is 5.92 Å². The molecule has 0 unspecified atom stereocenters. The van der Waals surface area contributed by atoms with Crippen LogP contribution < -0.4 is 5.32 Å². The molecule has 0 bridgehead atoms. The van der Waals surface area contributed by atoms with Gasteiger partial charge in [0, 0.05) is 11.3 Å². The molecule has 4 heteroatoms. The van der Waals surface area contributed by atoms with Gasteiger partial charge in [0.1, 0.15) is 0 Å². The van der Waals surface area contributed by atoms with E-state index in [1.54, 1.807) is 0 Å². The summed E-state index contributed by atoms with van der Waals surface area (Å²) in [4.78, 5) is 15.7. The van der Waals surface area contributed by atoms with Crippen molar-refractivity contribution in [3.05, 3.63) is 11.1 Å². The van der Waals surface area contributed by atoms with Crippen molar-refractivity contribution in [2.75, 3.05) is 5.32 Å². The molecule has 0 radical (unpaired) electrons. The van der Waals surface area contributed by atoms with Crippen molar-refractivity contribution in [1.82, 2.24) is 4.98 Å². The summed E-state index contributed by atoms with van der Waals surface area (Å²) < 4.78 is 0. The minimum atomic E-state index is 0.00130. The first-order valence-corrected chi connectivity index (χ1v) is 5.65. The molecule has 14 heavy (non-hydrogen) atoms. The first-order chi connectivity index (χ1) is 6.50. The van der Waals surface area contributed by atoms with Crippen LogP contribution in [0.2, 0.25) is 0 Å². The van der Waals surface area contributed by atoms with Gasteiger partial charge in [0.15, 0.2) is 5.13 Å². The number of nitrogens with zero attached hydrogens (tertiary/aromatic N) is 1. The van der Waals surface area contributed by atoms with E-state index in [2.05, 4.69) is 24.1 Å². The van der Waals surface area contributed by atoms with Crippen molar-refractivity contribution in [2.24, 2.45) is 5.92 Å². The first-order valence-electron chi connectivity index (χ1n) is 4.77. The molecule has 0 aromatic carbocycles. The molecule has 1 aromatic heterocycles. The Kier molecular flexibility index (Phi) is 3.63. The highest BCUT2D eigenvalue weighted by atomic mass is 32.1. The van der Waals surface area contributed by atoms with Crippen LogP contribution in [0.3, 0.4) is 0 Å². The number of carbonyl (C=O) groups is 1. The Bertz CT molecular complexity index is 318. The molecule has 0 saturated heterocycles. The number of hydrogen-bond donors (Lipinski definition) is 1. The van der Waals surface area contributed by atoms with E-state index in [0.29, 0.717) is 11.0 Å². The van der Waals surface area contributed by atoms with Crippen molar-refractivity contribution < 1.29 is 4.79 Å². The quantitative estimate of drug-likeness (QED) is 0.837. The summed E-state index contributed by atoms with van der Waals surface area (Å²) in [7, 11) is 0. The number of hydrogen-bond acceptors (Lipinski definition) is 3. The Morgan fingerprint density at radius 3 is 2.50 bits per heavy atom. The van der Waals surface area contributed by atoms with Crippen LogP contribution in [0.25, 0.3) is 0 Å². The summed E-state index contributed by atoms with van der Waals surface area (Å²) in [6.07, 6.45) is 0. The van der Waals surface area contributed by atoms with Crippen LogP contribution >= 0.6 is 11.3 Å². The number of aromatic nitrogens is 1. The molecule has 1 amide bonds. The van der Waals surface area contributed by atoms with Gasteiger partial charge in [-0.15, -0.1) is 11.3 Å². The third-order valence-electron chi connectivity index (χ3n) is 1.87. The minimum Gasteiger partial charge on any atom is -0.302 e. The molecule has 78 valence electrons. The van der Waals surface area contributed by atoms with E-state index in [0.717, 1.165) is 5.69 Å². The van der Waals surface area contributed by atoms with Gasteiger partial charge < -0.3 is 5.32 Å². The molecule has 0 saturated carbocycles. The molecule has 0 fully saturated rings. The second kappa shape index (κ2) is 4.55. The van der Waals surface area contributed by atoms with E-state index >= 15 is 0 Å². The number of carbonyl (C=O) groups excluding carboxylic acids is 1. The Balaban J connectivity index is 2.64. The predicted molar refractivity (Wildman–Crippen MR) is 59.7 cm³/mol. The van der Waals surface area contributed by atoms with Crippen LogP contribution in [0.5, 0.6) is 0 Å². The number of amides is 1. The fraction of sp³-hybridized carbons (Fsp3) is 0.600. The fourth-order valence-corrected chi connectivity index (χ4v) is 1.73. The summed E-state index contributed by atoms with van der Waals surface area (Å²) in [5.41, 5.74) is 1.04. The highest BCUT2D eigenvalue weighted by Crippen LogP contribution is 2.21. The summed E-state index contributed by atoms with van der Waals surface area (Å²) in [6, 6.07) is 0. The van der Waals surface area contributed by atoms with Gasteiger partial charge in [-0.3, -0.25) is 4.79 Å². The molecular formula is C10H16N2OS. The number of rotatable bonds is 3. The monoisotopic (exact) mass is 212 g/mol. The van der Waals surface area contributed by atoms with Crippen molar-refractivity contribution in [3.63, 3.8) is 0 Å². The van der Waals surface area contributed by atoms with Crippen molar-refractivity contribution >= 4 is 22.4 Å². The largest absolute Gasteiger partial charge is 0.302 e. The van der Waals surface area contributed by atoms with Crippen LogP contribution in [0.1, 0.15) is 39.3 Å². The van der Waals surface area contributed by atoms with Gasteiger partial charge in [-0.25, -0.2) is 4.98 Å². The van der Waals surface area contributed by atoms with E-state index in [9.17, 15) is 4.79 Å². The summed E-state index contributed by atoms with van der Waals surface area (Å²) in [5.74, 6) is 0.437. The molecule has 1 N–H and O–H groups in total. The van der Waals surface area contributed by atoms with E-state index in [4.69, 9.17) is 0 Å². The predicted octanol–water partition coefficient (Wildman–Crippen LogP) is 2.86. The molecule has 3 nitrogen and oxygen atoms in total. The Morgan fingerprint density at radius 1 is 1.43 bits per heavy atom. The average molecular weight is 212 g/mol. The lowest BCUT2D eigenvalue weighted by molar-refractivity contribution is -0.118. The molecule has 0 aliphatic heterocycles. The zero-order chi connectivity index (χ0) is 10.7. The summed E-state index contributed by atoms with van der Waals surface area (Å²) in [5, 5.41) is 5.47.